The summed E-state index contributed by atoms with van der Waals surface area (Å²) in [5.74, 6) is -0.279. The first-order chi connectivity index (χ1) is 16.7. The van der Waals surface area contributed by atoms with Gasteiger partial charge in [0.15, 0.2) is 0 Å². The number of aliphatic hydroxyl groups is 1. The van der Waals surface area contributed by atoms with E-state index in [-0.39, 0.29) is 11.3 Å². The lowest BCUT2D eigenvalue weighted by molar-refractivity contribution is -0.132. The van der Waals surface area contributed by atoms with Crippen LogP contribution in [0.1, 0.15) is 39.4 Å². The number of anilines is 1. The minimum Gasteiger partial charge on any atom is -0.507 e. The van der Waals surface area contributed by atoms with Gasteiger partial charge in [-0.1, -0.05) is 29.8 Å². The number of Topliss-reactive ketones (excluding diaryl/α,β-unsaturated/α-hetero) is 1. The lowest BCUT2D eigenvalue weighted by Gasteiger charge is -2.27. The molecule has 35 heavy (non-hydrogen) atoms. The number of ether oxygens (including phenoxy) is 2. The molecular formula is C29H29NO5. The number of hydrogen-bond donors (Lipinski definition) is 1. The minimum atomic E-state index is -0.802. The Kier molecular flexibility index (Phi) is 6.39. The number of carbonyl (C=O) groups is 2. The van der Waals surface area contributed by atoms with Crippen molar-refractivity contribution in [1.29, 1.82) is 0 Å². The quantitative estimate of drug-likeness (QED) is 0.299. The van der Waals surface area contributed by atoms with Crippen molar-refractivity contribution < 1.29 is 24.2 Å². The number of amides is 1. The van der Waals surface area contributed by atoms with Gasteiger partial charge in [0.2, 0.25) is 0 Å². The van der Waals surface area contributed by atoms with Crippen molar-refractivity contribution in [2.45, 2.75) is 33.7 Å². The standard InChI is InChI=1S/C29H29NO5/c1-16-7-12-23(18(3)13-16)30-26(20-8-10-21(34-5)11-9-20)25(28(32)29(30)33)27(31)22-14-19(4)24(35-6)15-17(22)2/h7-15,26,31H,1-6H3/b27-25+. The summed E-state index contributed by atoms with van der Waals surface area (Å²) < 4.78 is 10.7. The van der Waals surface area contributed by atoms with Gasteiger partial charge in [-0.3, -0.25) is 14.5 Å². The first-order valence-corrected chi connectivity index (χ1v) is 11.4. The lowest BCUT2D eigenvalue weighted by atomic mass is 9.92. The Bertz CT molecular complexity index is 1350. The zero-order valence-corrected chi connectivity index (χ0v) is 20.8. The van der Waals surface area contributed by atoms with E-state index in [4.69, 9.17) is 9.47 Å². The molecule has 3 aromatic rings. The summed E-state index contributed by atoms with van der Waals surface area (Å²) in [6.07, 6.45) is 0. The highest BCUT2D eigenvalue weighted by Crippen LogP contribution is 2.44. The molecule has 1 heterocycles. The lowest BCUT2D eigenvalue weighted by Crippen LogP contribution is -2.30. The molecule has 1 unspecified atom stereocenters. The third kappa shape index (κ3) is 4.16. The van der Waals surface area contributed by atoms with E-state index in [9.17, 15) is 14.7 Å². The van der Waals surface area contributed by atoms with Gasteiger partial charge in [-0.05, 0) is 80.3 Å². The van der Waals surface area contributed by atoms with Gasteiger partial charge in [0, 0.05) is 11.3 Å². The third-order valence-corrected chi connectivity index (χ3v) is 6.48. The van der Waals surface area contributed by atoms with Crippen LogP contribution in [0.25, 0.3) is 5.76 Å². The molecule has 3 aromatic carbocycles. The first kappa shape index (κ1) is 24.1. The van der Waals surface area contributed by atoms with Crippen molar-refractivity contribution in [2.75, 3.05) is 19.1 Å². The van der Waals surface area contributed by atoms with E-state index in [2.05, 4.69) is 0 Å². The van der Waals surface area contributed by atoms with Crippen molar-refractivity contribution in [2.24, 2.45) is 0 Å². The van der Waals surface area contributed by atoms with Gasteiger partial charge in [-0.2, -0.15) is 0 Å². The molecule has 1 aliphatic rings. The number of benzene rings is 3. The van der Waals surface area contributed by atoms with Crippen molar-refractivity contribution in [1.82, 2.24) is 0 Å². The largest absolute Gasteiger partial charge is 0.507 e. The van der Waals surface area contributed by atoms with E-state index >= 15 is 0 Å². The van der Waals surface area contributed by atoms with Gasteiger partial charge in [-0.15, -0.1) is 0 Å². The number of aliphatic hydroxyl groups excluding tert-OH is 1. The second-order valence-electron chi connectivity index (χ2n) is 8.87. The zero-order valence-electron chi connectivity index (χ0n) is 20.8. The molecule has 0 spiro atoms. The van der Waals surface area contributed by atoms with Gasteiger partial charge >= 0.3 is 0 Å². The van der Waals surface area contributed by atoms with Crippen LogP contribution in [-0.2, 0) is 9.59 Å². The summed E-state index contributed by atoms with van der Waals surface area (Å²) in [6, 6.07) is 15.7. The maximum Gasteiger partial charge on any atom is 0.300 e. The molecule has 0 radical (unpaired) electrons. The number of ketones is 1. The summed E-state index contributed by atoms with van der Waals surface area (Å²) in [4.78, 5) is 28.4. The number of rotatable bonds is 5. The topological polar surface area (TPSA) is 76.1 Å². The maximum atomic E-state index is 13.4. The molecule has 6 nitrogen and oxygen atoms in total. The Labute approximate surface area is 205 Å². The van der Waals surface area contributed by atoms with E-state index in [1.54, 1.807) is 32.4 Å². The van der Waals surface area contributed by atoms with E-state index in [0.717, 1.165) is 22.3 Å². The average molecular weight is 472 g/mol. The Balaban J connectivity index is 1.98. The van der Waals surface area contributed by atoms with Crippen LogP contribution in [0.4, 0.5) is 5.69 Å². The number of hydrogen-bond acceptors (Lipinski definition) is 5. The SMILES string of the molecule is COc1ccc(C2/C(=C(\O)c3cc(C)c(OC)cc3C)C(=O)C(=O)N2c2ccc(C)cc2C)cc1. The first-order valence-electron chi connectivity index (χ1n) is 11.4. The summed E-state index contributed by atoms with van der Waals surface area (Å²) in [5, 5.41) is 11.5. The monoisotopic (exact) mass is 471 g/mol. The molecule has 1 amide bonds. The van der Waals surface area contributed by atoms with Crippen LogP contribution >= 0.6 is 0 Å². The van der Waals surface area contributed by atoms with E-state index in [0.29, 0.717) is 28.3 Å². The maximum absolute atomic E-state index is 13.4. The molecular weight excluding hydrogens is 442 g/mol. The van der Waals surface area contributed by atoms with Crippen molar-refractivity contribution in [3.63, 3.8) is 0 Å². The number of aryl methyl sites for hydroxylation is 4. The third-order valence-electron chi connectivity index (χ3n) is 6.48. The fraction of sp³-hybridized carbons (Fsp3) is 0.241. The number of carbonyl (C=O) groups excluding carboxylic acids is 2. The van der Waals surface area contributed by atoms with Crippen LogP contribution in [0, 0.1) is 27.7 Å². The molecule has 1 saturated heterocycles. The van der Waals surface area contributed by atoms with Gasteiger partial charge < -0.3 is 14.6 Å². The minimum absolute atomic E-state index is 0.0489. The normalized spacial score (nSPS) is 17.1. The summed E-state index contributed by atoms with van der Waals surface area (Å²) in [6.45, 7) is 7.58. The van der Waals surface area contributed by atoms with Crippen molar-refractivity contribution >= 4 is 23.1 Å². The van der Waals surface area contributed by atoms with Gasteiger partial charge in [0.25, 0.3) is 11.7 Å². The van der Waals surface area contributed by atoms with Crippen LogP contribution in [-0.4, -0.2) is 31.0 Å². The Morgan fingerprint density at radius 3 is 2.11 bits per heavy atom. The number of methoxy groups -OCH3 is 2. The molecule has 0 aliphatic carbocycles. The highest BCUT2D eigenvalue weighted by Gasteiger charge is 2.47. The summed E-state index contributed by atoms with van der Waals surface area (Å²) in [7, 11) is 3.16. The van der Waals surface area contributed by atoms with Crippen LogP contribution in [0.3, 0.4) is 0 Å². The Hall–Kier alpha value is -4.06. The molecule has 180 valence electrons. The molecule has 1 fully saturated rings. The second kappa shape index (κ2) is 9.29. The molecule has 1 aliphatic heterocycles. The molecule has 1 N–H and O–H groups in total. The van der Waals surface area contributed by atoms with E-state index in [1.165, 1.54) is 4.90 Å². The van der Waals surface area contributed by atoms with Gasteiger partial charge in [0.05, 0.1) is 25.8 Å². The molecule has 0 bridgehead atoms. The molecule has 6 heteroatoms. The Morgan fingerprint density at radius 1 is 0.829 bits per heavy atom. The fourth-order valence-corrected chi connectivity index (χ4v) is 4.67. The highest BCUT2D eigenvalue weighted by atomic mass is 16.5. The summed E-state index contributed by atoms with van der Waals surface area (Å²) in [5.41, 5.74) is 5.30. The smallest absolute Gasteiger partial charge is 0.300 e. The van der Waals surface area contributed by atoms with Crippen LogP contribution in [0.5, 0.6) is 11.5 Å². The fourth-order valence-electron chi connectivity index (χ4n) is 4.67. The number of nitrogens with zero attached hydrogens (tertiary/aromatic N) is 1. The van der Waals surface area contributed by atoms with Gasteiger partial charge in [-0.25, -0.2) is 0 Å². The van der Waals surface area contributed by atoms with Gasteiger partial charge in [0.1, 0.15) is 17.3 Å². The van der Waals surface area contributed by atoms with Crippen LogP contribution < -0.4 is 14.4 Å². The Morgan fingerprint density at radius 2 is 1.51 bits per heavy atom. The zero-order chi connectivity index (χ0) is 25.4. The second-order valence-corrected chi connectivity index (χ2v) is 8.87. The highest BCUT2D eigenvalue weighted by molar-refractivity contribution is 6.51. The van der Waals surface area contributed by atoms with Crippen molar-refractivity contribution in [3.8, 4) is 11.5 Å². The average Bonchev–Trinajstić information content (AvgIpc) is 3.10. The molecule has 1 atom stereocenters. The summed E-state index contributed by atoms with van der Waals surface area (Å²) >= 11 is 0. The van der Waals surface area contributed by atoms with E-state index in [1.807, 2.05) is 64.1 Å². The predicted molar refractivity (Wildman–Crippen MR) is 136 cm³/mol. The molecule has 4 rings (SSSR count). The molecule has 0 aromatic heterocycles. The van der Waals surface area contributed by atoms with Crippen LogP contribution in [0.15, 0.2) is 60.2 Å². The van der Waals surface area contributed by atoms with E-state index < -0.39 is 17.7 Å². The van der Waals surface area contributed by atoms with Crippen molar-refractivity contribution in [3.05, 3.63) is 93.6 Å². The molecule has 0 saturated carbocycles. The van der Waals surface area contributed by atoms with Crippen LogP contribution in [0.2, 0.25) is 0 Å². The predicted octanol–water partition coefficient (Wildman–Crippen LogP) is 5.56.